The van der Waals surface area contributed by atoms with Crippen LogP contribution in [0.15, 0.2) is 24.3 Å². The van der Waals surface area contributed by atoms with Gasteiger partial charge in [-0.2, -0.15) is 0 Å². The lowest BCUT2D eigenvalue weighted by Gasteiger charge is -2.31. The fourth-order valence-corrected chi connectivity index (χ4v) is 1.49. The number of nitrogens with zero attached hydrogens (tertiary/aromatic N) is 1. The number of aliphatic carboxylic acids is 1. The molecule has 0 bridgehead atoms. The quantitative estimate of drug-likeness (QED) is 0.851. The highest BCUT2D eigenvalue weighted by molar-refractivity contribution is 5.77. The van der Waals surface area contributed by atoms with Crippen LogP contribution in [0.4, 0.5) is 0 Å². The highest BCUT2D eigenvalue weighted by Crippen LogP contribution is 2.13. The summed E-state index contributed by atoms with van der Waals surface area (Å²) in [5.41, 5.74) is 1.67. The molecule has 1 aromatic carbocycles. The monoisotopic (exact) mass is 235 g/mol. The molecule has 0 radical (unpaired) electrons. The van der Waals surface area contributed by atoms with Gasteiger partial charge >= 0.3 is 5.97 Å². The van der Waals surface area contributed by atoms with Gasteiger partial charge in [0.2, 0.25) is 0 Å². The summed E-state index contributed by atoms with van der Waals surface area (Å²) >= 11 is 0. The smallest absolute Gasteiger partial charge is 0.323 e. The van der Waals surface area contributed by atoms with E-state index in [9.17, 15) is 4.79 Å². The third kappa shape index (κ3) is 3.56. The number of carboxylic acid groups (broad SMARTS) is 1. The first-order chi connectivity index (χ1) is 7.84. The van der Waals surface area contributed by atoms with E-state index < -0.39 is 11.5 Å². The number of aryl methyl sites for hydroxylation is 1. The maximum Gasteiger partial charge on any atom is 0.323 e. The topological polar surface area (TPSA) is 40.5 Å². The minimum atomic E-state index is -0.815. The summed E-state index contributed by atoms with van der Waals surface area (Å²) in [5, 5.41) is 9.10. The van der Waals surface area contributed by atoms with Crippen molar-refractivity contribution in [2.75, 3.05) is 13.6 Å². The zero-order valence-corrected chi connectivity index (χ0v) is 11.0. The predicted octanol–water partition coefficient (Wildman–Crippen LogP) is 2.33. The Morgan fingerprint density at radius 3 is 2.29 bits per heavy atom. The highest BCUT2D eigenvalue weighted by Gasteiger charge is 2.31. The fraction of sp³-hybridized carbons (Fsp3) is 0.500. The number of benzene rings is 1. The largest absolute Gasteiger partial charge is 0.480 e. The molecule has 0 saturated carbocycles. The van der Waals surface area contributed by atoms with E-state index in [1.165, 1.54) is 11.1 Å². The summed E-state index contributed by atoms with van der Waals surface area (Å²) in [6, 6.07) is 8.35. The van der Waals surface area contributed by atoms with Crippen molar-refractivity contribution in [1.29, 1.82) is 0 Å². The average Bonchev–Trinajstić information content (AvgIpc) is 2.27. The van der Waals surface area contributed by atoms with Crippen molar-refractivity contribution in [3.63, 3.8) is 0 Å². The lowest BCUT2D eigenvalue weighted by atomic mass is 10.0. The van der Waals surface area contributed by atoms with Crippen LogP contribution in [-0.2, 0) is 11.2 Å². The Labute approximate surface area is 103 Å². The third-order valence-corrected chi connectivity index (χ3v) is 3.33. The molecular weight excluding hydrogens is 214 g/mol. The van der Waals surface area contributed by atoms with E-state index in [0.29, 0.717) is 0 Å². The van der Waals surface area contributed by atoms with Gasteiger partial charge in [0.1, 0.15) is 5.54 Å². The van der Waals surface area contributed by atoms with Crippen molar-refractivity contribution in [2.24, 2.45) is 0 Å². The van der Waals surface area contributed by atoms with Crippen molar-refractivity contribution < 1.29 is 9.90 Å². The molecule has 94 valence electrons. The van der Waals surface area contributed by atoms with Crippen molar-refractivity contribution in [3.8, 4) is 0 Å². The van der Waals surface area contributed by atoms with Crippen molar-refractivity contribution >= 4 is 5.97 Å². The summed E-state index contributed by atoms with van der Waals surface area (Å²) in [4.78, 5) is 12.9. The van der Waals surface area contributed by atoms with Gasteiger partial charge in [-0.3, -0.25) is 9.69 Å². The Morgan fingerprint density at radius 1 is 1.29 bits per heavy atom. The lowest BCUT2D eigenvalue weighted by molar-refractivity contribution is -0.148. The second kappa shape index (κ2) is 5.32. The number of rotatable bonds is 5. The number of likely N-dealkylation sites (N-methyl/N-ethyl adjacent to an activating group) is 1. The molecule has 0 aliphatic carbocycles. The van der Waals surface area contributed by atoms with E-state index in [-0.39, 0.29) is 0 Å². The number of carboxylic acids is 1. The van der Waals surface area contributed by atoms with Gasteiger partial charge in [0.15, 0.2) is 0 Å². The molecule has 3 heteroatoms. The van der Waals surface area contributed by atoms with Gasteiger partial charge in [-0.05, 0) is 39.8 Å². The first kappa shape index (κ1) is 13.7. The molecule has 0 spiro atoms. The molecule has 3 nitrogen and oxygen atoms in total. The highest BCUT2D eigenvalue weighted by atomic mass is 16.4. The molecule has 0 amide bonds. The van der Waals surface area contributed by atoms with Crippen LogP contribution < -0.4 is 0 Å². The Bertz CT molecular complexity index is 382. The van der Waals surface area contributed by atoms with Crippen molar-refractivity contribution in [1.82, 2.24) is 4.90 Å². The molecular formula is C14H21NO2. The zero-order valence-electron chi connectivity index (χ0n) is 11.0. The first-order valence-electron chi connectivity index (χ1n) is 5.84. The number of hydrogen-bond donors (Lipinski definition) is 1. The van der Waals surface area contributed by atoms with Crippen LogP contribution in [0.25, 0.3) is 0 Å². The maximum atomic E-state index is 11.1. The summed E-state index contributed by atoms with van der Waals surface area (Å²) < 4.78 is 0. The number of carbonyl (C=O) groups is 1. The molecule has 0 unspecified atom stereocenters. The minimum absolute atomic E-state index is 0.738. The average molecular weight is 235 g/mol. The molecule has 0 fully saturated rings. The SMILES string of the molecule is Cc1ccc(CCN(C)C(C)(C)C(=O)O)cc1. The van der Waals surface area contributed by atoms with Gasteiger partial charge in [0.25, 0.3) is 0 Å². The summed E-state index contributed by atoms with van der Waals surface area (Å²) in [7, 11) is 1.85. The van der Waals surface area contributed by atoms with Crippen LogP contribution in [-0.4, -0.2) is 35.1 Å². The van der Waals surface area contributed by atoms with E-state index in [2.05, 4.69) is 31.2 Å². The van der Waals surface area contributed by atoms with Gasteiger partial charge in [-0.15, -0.1) is 0 Å². The molecule has 0 saturated heterocycles. The van der Waals surface area contributed by atoms with Gasteiger partial charge in [-0.1, -0.05) is 29.8 Å². The second-order valence-corrected chi connectivity index (χ2v) is 5.02. The van der Waals surface area contributed by atoms with E-state index >= 15 is 0 Å². The molecule has 0 atom stereocenters. The molecule has 0 aliphatic heterocycles. The van der Waals surface area contributed by atoms with Crippen LogP contribution in [0.1, 0.15) is 25.0 Å². The van der Waals surface area contributed by atoms with Crippen LogP contribution in [0.3, 0.4) is 0 Å². The molecule has 0 aromatic heterocycles. The van der Waals surface area contributed by atoms with Gasteiger partial charge in [0.05, 0.1) is 0 Å². The van der Waals surface area contributed by atoms with Gasteiger partial charge in [0, 0.05) is 6.54 Å². The summed E-state index contributed by atoms with van der Waals surface area (Å²) in [6.07, 6.45) is 0.869. The van der Waals surface area contributed by atoms with Crippen LogP contribution in [0.5, 0.6) is 0 Å². The molecule has 1 aromatic rings. The number of hydrogen-bond acceptors (Lipinski definition) is 2. The third-order valence-electron chi connectivity index (χ3n) is 3.33. The van der Waals surface area contributed by atoms with Crippen LogP contribution in [0.2, 0.25) is 0 Å². The van der Waals surface area contributed by atoms with E-state index in [4.69, 9.17) is 5.11 Å². The van der Waals surface area contributed by atoms with Crippen molar-refractivity contribution in [3.05, 3.63) is 35.4 Å². The summed E-state index contributed by atoms with van der Waals surface area (Å²) in [5.74, 6) is -0.788. The molecule has 1 N–H and O–H groups in total. The Balaban J connectivity index is 2.56. The summed E-state index contributed by atoms with van der Waals surface area (Å²) in [6.45, 7) is 6.25. The standard InChI is InChI=1S/C14H21NO2/c1-11-5-7-12(8-6-11)9-10-15(4)14(2,3)13(16)17/h5-8H,9-10H2,1-4H3,(H,16,17). The van der Waals surface area contributed by atoms with Crippen molar-refractivity contribution in [2.45, 2.75) is 32.7 Å². The lowest BCUT2D eigenvalue weighted by Crippen LogP contribution is -2.48. The predicted molar refractivity (Wildman–Crippen MR) is 69.2 cm³/mol. The zero-order chi connectivity index (χ0) is 13.1. The Hall–Kier alpha value is -1.35. The molecule has 0 aliphatic rings. The normalized spacial score (nSPS) is 11.8. The molecule has 0 heterocycles. The van der Waals surface area contributed by atoms with E-state index in [1.54, 1.807) is 13.8 Å². The Morgan fingerprint density at radius 2 is 1.82 bits per heavy atom. The molecule has 17 heavy (non-hydrogen) atoms. The Kier molecular flexibility index (Phi) is 4.29. The van der Waals surface area contributed by atoms with Gasteiger partial charge in [-0.25, -0.2) is 0 Å². The van der Waals surface area contributed by atoms with Crippen LogP contribution in [0, 0.1) is 6.92 Å². The van der Waals surface area contributed by atoms with Crippen LogP contribution >= 0.6 is 0 Å². The fourth-order valence-electron chi connectivity index (χ4n) is 1.49. The molecule has 1 rings (SSSR count). The maximum absolute atomic E-state index is 11.1. The van der Waals surface area contributed by atoms with E-state index in [0.717, 1.165) is 13.0 Å². The van der Waals surface area contributed by atoms with Gasteiger partial charge < -0.3 is 5.11 Å². The first-order valence-corrected chi connectivity index (χ1v) is 5.84. The van der Waals surface area contributed by atoms with E-state index in [1.807, 2.05) is 11.9 Å². The minimum Gasteiger partial charge on any atom is -0.480 e. The second-order valence-electron chi connectivity index (χ2n) is 5.02.